The van der Waals surface area contributed by atoms with Crippen molar-refractivity contribution in [2.75, 3.05) is 4.90 Å². The molecule has 1 aliphatic rings. The Labute approximate surface area is 129 Å². The summed E-state index contributed by atoms with van der Waals surface area (Å²) in [5.74, 6) is -2.31. The number of carbonyl (C=O) groups excluding carboxylic acids is 2. The van der Waals surface area contributed by atoms with Crippen LogP contribution >= 0.6 is 0 Å². The van der Waals surface area contributed by atoms with Crippen molar-refractivity contribution < 1.29 is 19.5 Å². The molecule has 0 unspecified atom stereocenters. The fourth-order valence-corrected chi connectivity index (χ4v) is 2.74. The van der Waals surface area contributed by atoms with Gasteiger partial charge in [-0.2, -0.15) is 0 Å². The molecule has 0 radical (unpaired) electrons. The largest absolute Gasteiger partial charge is 0.478 e. The number of carboxylic acid groups (broad SMARTS) is 1. The smallest absolute Gasteiger partial charge is 0.337 e. The Bertz CT molecular complexity index is 970. The first kappa shape index (κ1) is 13.2. The van der Waals surface area contributed by atoms with Gasteiger partial charge in [-0.25, -0.2) is 14.7 Å². The molecule has 2 heterocycles. The summed E-state index contributed by atoms with van der Waals surface area (Å²) < 4.78 is 0. The molecule has 2 aromatic carbocycles. The van der Waals surface area contributed by atoms with Crippen LogP contribution in [0.2, 0.25) is 0 Å². The van der Waals surface area contributed by atoms with Crippen molar-refractivity contribution in [3.05, 3.63) is 59.4 Å². The highest BCUT2D eigenvalue weighted by Crippen LogP contribution is 2.32. The van der Waals surface area contributed by atoms with Crippen molar-refractivity contribution in [3.8, 4) is 0 Å². The molecule has 0 spiro atoms. The standard InChI is InChI=1S/C16H9N3O4/c20-14-8-3-1-2-4-9(8)15(21)19(14)13-6-12-11(17-7-18-12)5-10(13)16(22)23/h1-7H,(H,17,18)(H,22,23). The topological polar surface area (TPSA) is 103 Å². The van der Waals surface area contributed by atoms with E-state index in [0.717, 1.165) is 4.90 Å². The number of aromatic carboxylic acids is 1. The van der Waals surface area contributed by atoms with Gasteiger partial charge < -0.3 is 10.1 Å². The Balaban J connectivity index is 1.96. The summed E-state index contributed by atoms with van der Waals surface area (Å²) in [6.07, 6.45) is 1.42. The Morgan fingerprint density at radius 3 is 2.35 bits per heavy atom. The van der Waals surface area contributed by atoms with Gasteiger partial charge in [0.25, 0.3) is 11.8 Å². The summed E-state index contributed by atoms with van der Waals surface area (Å²) in [6.45, 7) is 0. The second-order valence-corrected chi connectivity index (χ2v) is 5.09. The molecule has 4 rings (SSSR count). The molecule has 0 saturated carbocycles. The second kappa shape index (κ2) is 4.51. The number of fused-ring (bicyclic) bond motifs is 2. The van der Waals surface area contributed by atoms with Gasteiger partial charge in [0.15, 0.2) is 0 Å². The molecule has 2 amide bonds. The minimum absolute atomic E-state index is 0.0169. The maximum atomic E-state index is 12.5. The highest BCUT2D eigenvalue weighted by atomic mass is 16.4. The van der Waals surface area contributed by atoms with Gasteiger partial charge in [0, 0.05) is 0 Å². The highest BCUT2D eigenvalue weighted by molar-refractivity contribution is 6.35. The number of imide groups is 1. The van der Waals surface area contributed by atoms with Gasteiger partial charge in [0.1, 0.15) is 0 Å². The van der Waals surface area contributed by atoms with Crippen LogP contribution in [0.1, 0.15) is 31.1 Å². The third kappa shape index (κ3) is 1.76. The molecular weight excluding hydrogens is 298 g/mol. The molecule has 112 valence electrons. The Kier molecular flexibility index (Phi) is 2.59. The molecule has 3 aromatic rings. The monoisotopic (exact) mass is 307 g/mol. The number of hydrogen-bond donors (Lipinski definition) is 2. The van der Waals surface area contributed by atoms with Crippen LogP contribution in [0, 0.1) is 0 Å². The van der Waals surface area contributed by atoms with E-state index in [-0.39, 0.29) is 22.4 Å². The number of nitrogens with zero attached hydrogens (tertiary/aromatic N) is 2. The van der Waals surface area contributed by atoms with Gasteiger partial charge in [0.05, 0.1) is 39.7 Å². The first-order chi connectivity index (χ1) is 11.1. The molecule has 0 bridgehead atoms. The van der Waals surface area contributed by atoms with E-state index >= 15 is 0 Å². The zero-order valence-corrected chi connectivity index (χ0v) is 11.6. The van der Waals surface area contributed by atoms with E-state index in [9.17, 15) is 19.5 Å². The minimum atomic E-state index is -1.23. The van der Waals surface area contributed by atoms with E-state index in [1.54, 1.807) is 24.3 Å². The van der Waals surface area contributed by atoms with Gasteiger partial charge in [-0.1, -0.05) is 12.1 Å². The Hall–Kier alpha value is -3.48. The van der Waals surface area contributed by atoms with Crippen LogP contribution in [0.3, 0.4) is 0 Å². The minimum Gasteiger partial charge on any atom is -0.478 e. The number of carboxylic acids is 1. The van der Waals surface area contributed by atoms with Crippen LogP contribution in [0.15, 0.2) is 42.7 Å². The number of aromatic nitrogens is 2. The molecule has 1 aromatic heterocycles. The molecular formula is C16H9N3O4. The van der Waals surface area contributed by atoms with E-state index in [4.69, 9.17) is 0 Å². The van der Waals surface area contributed by atoms with Crippen molar-refractivity contribution >= 4 is 34.5 Å². The maximum Gasteiger partial charge on any atom is 0.337 e. The second-order valence-electron chi connectivity index (χ2n) is 5.09. The Morgan fingerprint density at radius 1 is 1.09 bits per heavy atom. The molecule has 0 saturated heterocycles. The fraction of sp³-hybridized carbons (Fsp3) is 0. The van der Waals surface area contributed by atoms with Crippen LogP contribution in [-0.2, 0) is 0 Å². The lowest BCUT2D eigenvalue weighted by Crippen LogP contribution is -2.31. The third-order valence-corrected chi connectivity index (χ3v) is 3.80. The van der Waals surface area contributed by atoms with Gasteiger partial charge in [-0.15, -0.1) is 0 Å². The average Bonchev–Trinajstić information content (AvgIpc) is 3.10. The summed E-state index contributed by atoms with van der Waals surface area (Å²) in [7, 11) is 0. The molecule has 7 nitrogen and oxygen atoms in total. The van der Waals surface area contributed by atoms with Crippen molar-refractivity contribution in [1.82, 2.24) is 9.97 Å². The van der Waals surface area contributed by atoms with Crippen molar-refractivity contribution in [1.29, 1.82) is 0 Å². The van der Waals surface area contributed by atoms with E-state index in [0.29, 0.717) is 11.0 Å². The number of H-pyrrole nitrogens is 1. The number of hydrogen-bond acceptors (Lipinski definition) is 4. The number of amides is 2. The van der Waals surface area contributed by atoms with Gasteiger partial charge in [-0.05, 0) is 24.3 Å². The highest BCUT2D eigenvalue weighted by Gasteiger charge is 2.38. The number of rotatable bonds is 2. The maximum absolute atomic E-state index is 12.5. The number of nitrogens with one attached hydrogen (secondary N) is 1. The van der Waals surface area contributed by atoms with Crippen LogP contribution in [0.25, 0.3) is 11.0 Å². The zero-order valence-electron chi connectivity index (χ0n) is 11.6. The van der Waals surface area contributed by atoms with E-state index < -0.39 is 17.8 Å². The summed E-state index contributed by atoms with van der Waals surface area (Å²) in [4.78, 5) is 44.4. The summed E-state index contributed by atoms with van der Waals surface area (Å²) in [5, 5.41) is 9.43. The van der Waals surface area contributed by atoms with Gasteiger partial charge in [0.2, 0.25) is 0 Å². The Morgan fingerprint density at radius 2 is 1.74 bits per heavy atom. The van der Waals surface area contributed by atoms with Crippen LogP contribution in [0.5, 0.6) is 0 Å². The fourth-order valence-electron chi connectivity index (χ4n) is 2.74. The number of benzene rings is 2. The van der Waals surface area contributed by atoms with Gasteiger partial charge >= 0.3 is 5.97 Å². The molecule has 0 aliphatic carbocycles. The SMILES string of the molecule is O=C(O)c1cc2[nH]cnc2cc1N1C(=O)c2ccccc2C1=O. The number of aromatic amines is 1. The molecule has 23 heavy (non-hydrogen) atoms. The first-order valence-electron chi connectivity index (χ1n) is 6.76. The van der Waals surface area contributed by atoms with E-state index in [1.807, 2.05) is 0 Å². The number of anilines is 1. The number of imidazole rings is 1. The number of carbonyl (C=O) groups is 3. The van der Waals surface area contributed by atoms with Crippen molar-refractivity contribution in [2.24, 2.45) is 0 Å². The molecule has 2 N–H and O–H groups in total. The summed E-state index contributed by atoms with van der Waals surface area (Å²) >= 11 is 0. The lowest BCUT2D eigenvalue weighted by Gasteiger charge is -2.16. The van der Waals surface area contributed by atoms with Crippen LogP contribution < -0.4 is 4.90 Å². The first-order valence-corrected chi connectivity index (χ1v) is 6.76. The average molecular weight is 307 g/mol. The summed E-state index contributed by atoms with van der Waals surface area (Å²) in [5.41, 5.74) is 1.38. The normalized spacial score (nSPS) is 13.7. The van der Waals surface area contributed by atoms with Crippen LogP contribution in [-0.4, -0.2) is 32.9 Å². The predicted octanol–water partition coefficient (Wildman–Crippen LogP) is 2.06. The predicted molar refractivity (Wildman–Crippen MR) is 80.6 cm³/mol. The lowest BCUT2D eigenvalue weighted by molar-refractivity contribution is 0.0698. The molecule has 0 atom stereocenters. The lowest BCUT2D eigenvalue weighted by atomic mass is 10.1. The molecule has 1 aliphatic heterocycles. The molecule has 7 heteroatoms. The quantitative estimate of drug-likeness (QED) is 0.705. The van der Waals surface area contributed by atoms with Crippen LogP contribution in [0.4, 0.5) is 5.69 Å². The van der Waals surface area contributed by atoms with Crippen molar-refractivity contribution in [3.63, 3.8) is 0 Å². The molecule has 0 fully saturated rings. The van der Waals surface area contributed by atoms with Gasteiger partial charge in [-0.3, -0.25) is 9.59 Å². The summed E-state index contributed by atoms with van der Waals surface area (Å²) in [6, 6.07) is 9.19. The van der Waals surface area contributed by atoms with E-state index in [2.05, 4.69) is 9.97 Å². The van der Waals surface area contributed by atoms with Crippen molar-refractivity contribution in [2.45, 2.75) is 0 Å². The third-order valence-electron chi connectivity index (χ3n) is 3.80. The zero-order chi connectivity index (χ0) is 16.1. The van der Waals surface area contributed by atoms with E-state index in [1.165, 1.54) is 18.5 Å².